The van der Waals surface area contributed by atoms with Gasteiger partial charge in [-0.25, -0.2) is 9.52 Å². The SMILES string of the molecule is COc1ccc(N)c(NS(=O)(=O)NC(=O)OC(C)C)c1. The molecule has 0 unspecified atom stereocenters. The lowest BCUT2D eigenvalue weighted by atomic mass is 10.2. The molecule has 0 aliphatic rings. The van der Waals surface area contributed by atoms with Gasteiger partial charge in [0.2, 0.25) is 0 Å². The van der Waals surface area contributed by atoms with Gasteiger partial charge >= 0.3 is 16.3 Å². The lowest BCUT2D eigenvalue weighted by molar-refractivity contribution is 0.121. The summed E-state index contributed by atoms with van der Waals surface area (Å²) in [5.74, 6) is 0.418. The molecule has 0 bridgehead atoms. The van der Waals surface area contributed by atoms with Crippen LogP contribution in [0.25, 0.3) is 0 Å². The van der Waals surface area contributed by atoms with E-state index in [0.717, 1.165) is 0 Å². The summed E-state index contributed by atoms with van der Waals surface area (Å²) >= 11 is 0. The van der Waals surface area contributed by atoms with Crippen LogP contribution in [-0.2, 0) is 14.9 Å². The van der Waals surface area contributed by atoms with E-state index >= 15 is 0 Å². The molecule has 0 radical (unpaired) electrons. The van der Waals surface area contributed by atoms with Crippen LogP contribution >= 0.6 is 0 Å². The Morgan fingerprint density at radius 1 is 1.35 bits per heavy atom. The Balaban J connectivity index is 2.83. The highest BCUT2D eigenvalue weighted by atomic mass is 32.2. The third-order valence-corrected chi connectivity index (χ3v) is 2.99. The Labute approximate surface area is 117 Å². The van der Waals surface area contributed by atoms with Crippen LogP contribution in [-0.4, -0.2) is 27.7 Å². The summed E-state index contributed by atoms with van der Waals surface area (Å²) in [5, 5.41) is 0. The highest BCUT2D eigenvalue weighted by Crippen LogP contribution is 2.24. The predicted molar refractivity (Wildman–Crippen MR) is 74.7 cm³/mol. The molecule has 0 heterocycles. The van der Waals surface area contributed by atoms with Gasteiger partial charge in [0.25, 0.3) is 0 Å². The summed E-state index contributed by atoms with van der Waals surface area (Å²) in [6.07, 6.45) is -1.51. The molecule has 0 aromatic heterocycles. The van der Waals surface area contributed by atoms with Gasteiger partial charge in [-0.05, 0) is 26.0 Å². The monoisotopic (exact) mass is 303 g/mol. The summed E-state index contributed by atoms with van der Waals surface area (Å²) in [6.45, 7) is 3.19. The maximum Gasteiger partial charge on any atom is 0.422 e. The predicted octanol–water partition coefficient (Wildman–Crippen LogP) is 1.07. The molecule has 0 saturated heterocycles. The van der Waals surface area contributed by atoms with Gasteiger partial charge in [-0.3, -0.25) is 4.72 Å². The zero-order valence-corrected chi connectivity index (χ0v) is 12.2. The van der Waals surface area contributed by atoms with E-state index in [1.807, 2.05) is 0 Å². The van der Waals surface area contributed by atoms with Crippen LogP contribution in [0.3, 0.4) is 0 Å². The average molecular weight is 303 g/mol. The van der Waals surface area contributed by atoms with Gasteiger partial charge in [0.1, 0.15) is 5.75 Å². The molecule has 1 aromatic carbocycles. The summed E-state index contributed by atoms with van der Waals surface area (Å²) in [6, 6.07) is 4.44. The number of carbonyl (C=O) groups is 1. The van der Waals surface area contributed by atoms with E-state index in [1.54, 1.807) is 24.6 Å². The fourth-order valence-electron chi connectivity index (χ4n) is 1.27. The first kappa shape index (κ1) is 15.9. The van der Waals surface area contributed by atoms with E-state index in [2.05, 4.69) is 9.46 Å². The first-order valence-electron chi connectivity index (χ1n) is 5.68. The van der Waals surface area contributed by atoms with Crippen molar-refractivity contribution in [3.8, 4) is 5.75 Å². The van der Waals surface area contributed by atoms with Crippen LogP contribution < -0.4 is 19.9 Å². The Hall–Kier alpha value is -2.16. The van der Waals surface area contributed by atoms with Gasteiger partial charge in [0, 0.05) is 6.07 Å². The number of benzene rings is 1. The van der Waals surface area contributed by atoms with Crippen molar-refractivity contribution in [2.24, 2.45) is 0 Å². The van der Waals surface area contributed by atoms with E-state index in [1.165, 1.54) is 19.2 Å². The van der Waals surface area contributed by atoms with E-state index < -0.39 is 22.4 Å². The lowest BCUT2D eigenvalue weighted by Gasteiger charge is -2.13. The van der Waals surface area contributed by atoms with Gasteiger partial charge in [0.05, 0.1) is 24.6 Å². The lowest BCUT2D eigenvalue weighted by Crippen LogP contribution is -2.37. The molecule has 0 saturated carbocycles. The minimum absolute atomic E-state index is 0.0918. The second kappa shape index (κ2) is 6.33. The van der Waals surface area contributed by atoms with Crippen molar-refractivity contribution in [2.45, 2.75) is 20.0 Å². The number of anilines is 2. The zero-order chi connectivity index (χ0) is 15.3. The third kappa shape index (κ3) is 4.84. The number of carbonyl (C=O) groups excluding carboxylic acids is 1. The van der Waals surface area contributed by atoms with Gasteiger partial charge in [-0.1, -0.05) is 0 Å². The minimum atomic E-state index is -4.14. The molecule has 9 heteroatoms. The van der Waals surface area contributed by atoms with Gasteiger partial charge < -0.3 is 15.2 Å². The van der Waals surface area contributed by atoms with E-state index in [0.29, 0.717) is 5.75 Å². The molecule has 0 spiro atoms. The second-order valence-corrected chi connectivity index (χ2v) is 5.53. The number of hydrogen-bond donors (Lipinski definition) is 3. The number of hydrogen-bond acceptors (Lipinski definition) is 6. The van der Waals surface area contributed by atoms with Crippen molar-refractivity contribution in [1.29, 1.82) is 0 Å². The summed E-state index contributed by atoms with van der Waals surface area (Å²) in [7, 11) is -2.70. The van der Waals surface area contributed by atoms with Crippen LogP contribution in [0.1, 0.15) is 13.8 Å². The highest BCUT2D eigenvalue weighted by Gasteiger charge is 2.17. The van der Waals surface area contributed by atoms with E-state index in [-0.39, 0.29) is 11.4 Å². The van der Waals surface area contributed by atoms with Crippen molar-refractivity contribution < 1.29 is 22.7 Å². The van der Waals surface area contributed by atoms with Gasteiger partial charge in [0.15, 0.2) is 0 Å². The molecule has 0 aliphatic carbocycles. The van der Waals surface area contributed by atoms with Crippen LogP contribution in [0.2, 0.25) is 0 Å². The Morgan fingerprint density at radius 3 is 2.55 bits per heavy atom. The van der Waals surface area contributed by atoms with E-state index in [9.17, 15) is 13.2 Å². The maximum absolute atomic E-state index is 11.7. The molecule has 0 fully saturated rings. The molecule has 8 nitrogen and oxygen atoms in total. The molecule has 112 valence electrons. The fraction of sp³-hybridized carbons (Fsp3) is 0.364. The van der Waals surface area contributed by atoms with Crippen molar-refractivity contribution >= 4 is 27.7 Å². The minimum Gasteiger partial charge on any atom is -0.497 e. The maximum atomic E-state index is 11.7. The first-order valence-corrected chi connectivity index (χ1v) is 7.16. The van der Waals surface area contributed by atoms with Crippen molar-refractivity contribution in [2.75, 3.05) is 17.6 Å². The quantitative estimate of drug-likeness (QED) is 0.700. The van der Waals surface area contributed by atoms with Gasteiger partial charge in [-0.15, -0.1) is 0 Å². The molecular weight excluding hydrogens is 286 g/mol. The molecule has 1 amide bonds. The Bertz CT molecular complexity index is 586. The van der Waals surface area contributed by atoms with Gasteiger partial charge in [-0.2, -0.15) is 8.42 Å². The number of nitrogen functional groups attached to an aromatic ring is 1. The topological polar surface area (TPSA) is 120 Å². The summed E-state index contributed by atoms with van der Waals surface area (Å²) in [4.78, 5) is 11.3. The Kier molecular flexibility index (Phi) is 5.03. The van der Waals surface area contributed by atoms with Crippen LogP contribution in [0.5, 0.6) is 5.75 Å². The fourth-order valence-corrected chi connectivity index (χ4v) is 2.05. The molecule has 1 aromatic rings. The molecule has 1 rings (SSSR count). The molecule has 0 aliphatic heterocycles. The number of methoxy groups -OCH3 is 1. The van der Waals surface area contributed by atoms with Crippen molar-refractivity contribution in [3.63, 3.8) is 0 Å². The molecule has 4 N–H and O–H groups in total. The first-order chi connectivity index (χ1) is 9.23. The van der Waals surface area contributed by atoms with Crippen LogP contribution in [0.15, 0.2) is 18.2 Å². The number of ether oxygens (including phenoxy) is 2. The number of amides is 1. The number of nitrogens with two attached hydrogens (primary N) is 1. The average Bonchev–Trinajstić information content (AvgIpc) is 2.29. The van der Waals surface area contributed by atoms with Crippen molar-refractivity contribution in [3.05, 3.63) is 18.2 Å². The zero-order valence-electron chi connectivity index (χ0n) is 11.3. The van der Waals surface area contributed by atoms with Crippen LogP contribution in [0.4, 0.5) is 16.2 Å². The number of nitrogens with one attached hydrogen (secondary N) is 2. The van der Waals surface area contributed by atoms with E-state index in [4.69, 9.17) is 10.5 Å². The Morgan fingerprint density at radius 2 is 2.00 bits per heavy atom. The molecule has 20 heavy (non-hydrogen) atoms. The largest absolute Gasteiger partial charge is 0.497 e. The highest BCUT2D eigenvalue weighted by molar-refractivity contribution is 7.91. The molecule has 0 atom stereocenters. The number of rotatable bonds is 5. The molecular formula is C11H17N3O5S. The third-order valence-electron chi connectivity index (χ3n) is 2.07. The van der Waals surface area contributed by atoms with Crippen molar-refractivity contribution in [1.82, 2.24) is 4.72 Å². The van der Waals surface area contributed by atoms with Crippen LogP contribution in [0, 0.1) is 0 Å². The second-order valence-electron chi connectivity index (χ2n) is 4.11. The summed E-state index contributed by atoms with van der Waals surface area (Å²) in [5.41, 5.74) is 5.92. The normalized spacial score (nSPS) is 11.0. The smallest absolute Gasteiger partial charge is 0.422 e. The standard InChI is InChI=1S/C11H17N3O5S/c1-7(2)19-11(15)14-20(16,17)13-10-6-8(18-3)4-5-9(10)12/h4-7,13H,12H2,1-3H3,(H,14,15). The summed E-state index contributed by atoms with van der Waals surface area (Å²) < 4.78 is 36.9.